The third kappa shape index (κ3) is 4.26. The lowest BCUT2D eigenvalue weighted by atomic mass is 10.1. The summed E-state index contributed by atoms with van der Waals surface area (Å²) in [5.41, 5.74) is 1.96. The molecular weight excluding hydrogens is 348 g/mol. The van der Waals surface area contributed by atoms with Crippen LogP contribution in [0.4, 0.5) is 0 Å². The van der Waals surface area contributed by atoms with Gasteiger partial charge in [-0.2, -0.15) is 0 Å². The predicted molar refractivity (Wildman–Crippen MR) is 102 cm³/mol. The van der Waals surface area contributed by atoms with Crippen molar-refractivity contribution in [3.8, 4) is 5.75 Å². The number of carbonyl (C=O) groups is 2. The summed E-state index contributed by atoms with van der Waals surface area (Å²) in [6.07, 6.45) is 2.90. The highest BCUT2D eigenvalue weighted by Gasteiger charge is 2.12. The molecule has 0 radical (unpaired) electrons. The molecule has 5 heteroatoms. The number of benzene rings is 2. The average molecular weight is 364 g/mol. The van der Waals surface area contributed by atoms with Crippen molar-refractivity contribution < 1.29 is 19.4 Å². The molecule has 0 aliphatic heterocycles. The number of carbonyl (C=O) groups excluding carboxylic acids is 1. The molecule has 3 rings (SSSR count). The minimum atomic E-state index is -1.00. The molecule has 0 aliphatic carbocycles. The standard InChI is InChI=1S/C21H16O4S/c22-18(11-10-16-12-13-26-20(16)21(23)24)17-8-4-5-9-19(17)25-14-15-6-2-1-3-7-15/h1-13H,14H2,(H,23,24)/b11-10+. The molecular formula is C21H16O4S. The van der Waals surface area contributed by atoms with E-state index >= 15 is 0 Å². The van der Waals surface area contributed by atoms with Crippen LogP contribution < -0.4 is 4.74 Å². The van der Waals surface area contributed by atoms with E-state index in [4.69, 9.17) is 9.84 Å². The van der Waals surface area contributed by atoms with Gasteiger partial charge in [0.1, 0.15) is 17.2 Å². The number of hydrogen-bond acceptors (Lipinski definition) is 4. The number of hydrogen-bond donors (Lipinski definition) is 1. The largest absolute Gasteiger partial charge is 0.488 e. The van der Waals surface area contributed by atoms with Gasteiger partial charge in [-0.1, -0.05) is 42.5 Å². The molecule has 4 nitrogen and oxygen atoms in total. The Morgan fingerprint density at radius 1 is 1.00 bits per heavy atom. The Balaban J connectivity index is 1.76. The summed E-state index contributed by atoms with van der Waals surface area (Å²) in [6, 6.07) is 18.4. The van der Waals surface area contributed by atoms with Crippen LogP contribution in [0.5, 0.6) is 5.75 Å². The molecule has 0 aliphatic rings. The molecule has 0 saturated carbocycles. The second-order valence-corrected chi connectivity index (χ2v) is 6.39. The van der Waals surface area contributed by atoms with Crippen LogP contribution in [-0.2, 0) is 6.61 Å². The third-order valence-electron chi connectivity index (χ3n) is 3.69. The maximum atomic E-state index is 12.5. The van der Waals surface area contributed by atoms with Crippen molar-refractivity contribution in [1.82, 2.24) is 0 Å². The smallest absolute Gasteiger partial charge is 0.346 e. The first-order chi connectivity index (χ1) is 12.6. The van der Waals surface area contributed by atoms with Gasteiger partial charge < -0.3 is 9.84 Å². The lowest BCUT2D eigenvalue weighted by Gasteiger charge is -2.09. The van der Waals surface area contributed by atoms with Gasteiger partial charge in [0.15, 0.2) is 5.78 Å². The van der Waals surface area contributed by atoms with Gasteiger partial charge in [-0.3, -0.25) is 4.79 Å². The first-order valence-corrected chi connectivity index (χ1v) is 8.82. The van der Waals surface area contributed by atoms with E-state index in [1.165, 1.54) is 12.2 Å². The molecule has 1 N–H and O–H groups in total. The van der Waals surface area contributed by atoms with Crippen LogP contribution in [0.15, 0.2) is 72.1 Å². The second kappa shape index (κ2) is 8.27. The summed E-state index contributed by atoms with van der Waals surface area (Å²) in [7, 11) is 0. The van der Waals surface area contributed by atoms with Crippen LogP contribution in [0.1, 0.15) is 31.2 Å². The SMILES string of the molecule is O=C(/C=C/c1ccsc1C(=O)O)c1ccccc1OCc1ccccc1. The van der Waals surface area contributed by atoms with E-state index in [0.717, 1.165) is 16.9 Å². The summed E-state index contributed by atoms with van der Waals surface area (Å²) < 4.78 is 5.80. The number of carboxylic acids is 1. The van der Waals surface area contributed by atoms with E-state index in [0.29, 0.717) is 23.5 Å². The fourth-order valence-electron chi connectivity index (χ4n) is 2.41. The Labute approximate surface area is 155 Å². The van der Waals surface area contributed by atoms with Gasteiger partial charge in [0, 0.05) is 0 Å². The van der Waals surface area contributed by atoms with Crippen LogP contribution in [0.2, 0.25) is 0 Å². The highest BCUT2D eigenvalue weighted by atomic mass is 32.1. The zero-order valence-corrected chi connectivity index (χ0v) is 14.6. The maximum Gasteiger partial charge on any atom is 0.346 e. The van der Waals surface area contributed by atoms with Crippen molar-refractivity contribution in [2.75, 3.05) is 0 Å². The highest BCUT2D eigenvalue weighted by Crippen LogP contribution is 2.22. The van der Waals surface area contributed by atoms with Crippen LogP contribution in [0.25, 0.3) is 6.08 Å². The van der Waals surface area contributed by atoms with Crippen molar-refractivity contribution in [3.05, 3.63) is 93.7 Å². The summed E-state index contributed by atoms with van der Waals surface area (Å²) >= 11 is 1.13. The molecule has 0 bridgehead atoms. The number of rotatable bonds is 7. The van der Waals surface area contributed by atoms with Crippen molar-refractivity contribution in [2.24, 2.45) is 0 Å². The average Bonchev–Trinajstić information content (AvgIpc) is 3.14. The van der Waals surface area contributed by atoms with Gasteiger partial charge in [0.2, 0.25) is 0 Å². The molecule has 130 valence electrons. The van der Waals surface area contributed by atoms with Crippen LogP contribution in [0, 0.1) is 0 Å². The first-order valence-electron chi connectivity index (χ1n) is 7.94. The zero-order chi connectivity index (χ0) is 18.4. The number of thiophene rings is 1. The molecule has 0 amide bonds. The van der Waals surface area contributed by atoms with Crippen LogP contribution in [-0.4, -0.2) is 16.9 Å². The molecule has 0 unspecified atom stereocenters. The Hall–Kier alpha value is -3.18. The van der Waals surface area contributed by atoms with E-state index < -0.39 is 5.97 Å². The molecule has 1 aromatic heterocycles. The minimum absolute atomic E-state index is 0.211. The van der Waals surface area contributed by atoms with E-state index in [-0.39, 0.29) is 10.7 Å². The van der Waals surface area contributed by atoms with Crippen molar-refractivity contribution in [2.45, 2.75) is 6.61 Å². The number of ketones is 1. The van der Waals surface area contributed by atoms with Gasteiger partial charge >= 0.3 is 5.97 Å². The second-order valence-electron chi connectivity index (χ2n) is 5.48. The fraction of sp³-hybridized carbons (Fsp3) is 0.0476. The summed E-state index contributed by atoms with van der Waals surface area (Å²) in [5.74, 6) is -0.746. The van der Waals surface area contributed by atoms with Gasteiger partial charge in [-0.15, -0.1) is 11.3 Å². The Morgan fingerprint density at radius 3 is 2.50 bits per heavy atom. The molecule has 0 saturated heterocycles. The van der Waals surface area contributed by atoms with Crippen molar-refractivity contribution in [3.63, 3.8) is 0 Å². The fourth-order valence-corrected chi connectivity index (χ4v) is 3.13. The van der Waals surface area contributed by atoms with E-state index in [1.807, 2.05) is 36.4 Å². The number of para-hydroxylation sites is 1. The van der Waals surface area contributed by atoms with Crippen LogP contribution in [0.3, 0.4) is 0 Å². The monoisotopic (exact) mass is 364 g/mol. The quantitative estimate of drug-likeness (QED) is 0.477. The molecule has 0 atom stereocenters. The molecule has 0 fully saturated rings. The number of carboxylic acid groups (broad SMARTS) is 1. The summed E-state index contributed by atoms with van der Waals surface area (Å²) in [6.45, 7) is 0.364. The summed E-state index contributed by atoms with van der Waals surface area (Å²) in [4.78, 5) is 23.9. The van der Waals surface area contributed by atoms with Crippen molar-refractivity contribution in [1.29, 1.82) is 0 Å². The van der Waals surface area contributed by atoms with Gasteiger partial charge in [0.25, 0.3) is 0 Å². The van der Waals surface area contributed by atoms with E-state index in [1.54, 1.807) is 29.6 Å². The van der Waals surface area contributed by atoms with Gasteiger partial charge in [-0.25, -0.2) is 4.79 Å². The van der Waals surface area contributed by atoms with Gasteiger partial charge in [0.05, 0.1) is 5.56 Å². The maximum absolute atomic E-state index is 12.5. The lowest BCUT2D eigenvalue weighted by molar-refractivity contribution is 0.0701. The molecule has 0 spiro atoms. The van der Waals surface area contributed by atoms with Gasteiger partial charge in [-0.05, 0) is 46.9 Å². The third-order valence-corrected chi connectivity index (χ3v) is 4.61. The van der Waals surface area contributed by atoms with E-state index in [9.17, 15) is 9.59 Å². The normalized spacial score (nSPS) is 10.8. The van der Waals surface area contributed by atoms with Crippen molar-refractivity contribution >= 4 is 29.2 Å². The zero-order valence-electron chi connectivity index (χ0n) is 13.8. The summed E-state index contributed by atoms with van der Waals surface area (Å²) in [5, 5.41) is 10.8. The Kier molecular flexibility index (Phi) is 5.61. The molecule has 3 aromatic rings. The minimum Gasteiger partial charge on any atom is -0.488 e. The molecule has 2 aromatic carbocycles. The highest BCUT2D eigenvalue weighted by molar-refractivity contribution is 7.12. The lowest BCUT2D eigenvalue weighted by Crippen LogP contribution is -2.02. The van der Waals surface area contributed by atoms with E-state index in [2.05, 4.69) is 0 Å². The van der Waals surface area contributed by atoms with Crippen LogP contribution >= 0.6 is 11.3 Å². The number of ether oxygens (including phenoxy) is 1. The Morgan fingerprint density at radius 2 is 1.73 bits per heavy atom. The molecule has 26 heavy (non-hydrogen) atoms. The number of aromatic carboxylic acids is 1. The first kappa shape index (κ1) is 17.6. The molecule has 1 heterocycles. The number of allylic oxidation sites excluding steroid dienone is 1. The Bertz CT molecular complexity index is 941. The predicted octanol–water partition coefficient (Wildman–Crippen LogP) is 4.92. The topological polar surface area (TPSA) is 63.6 Å².